The highest BCUT2D eigenvalue weighted by molar-refractivity contribution is 9.10. The molecule has 1 saturated heterocycles. The van der Waals surface area contributed by atoms with Crippen LogP contribution in [0.3, 0.4) is 0 Å². The molecule has 0 bridgehead atoms. The lowest BCUT2D eigenvalue weighted by Crippen LogP contribution is -2.14. The standard InChI is InChI=1S/C15H18BrN3O/c1-19-15(10-5-3-6-11(9-10)20-2)13(16)14(18-19)12-7-4-8-17-12/h3,5-6,9,12,17H,4,7-8H2,1-2H3. The van der Waals surface area contributed by atoms with Gasteiger partial charge in [0.25, 0.3) is 0 Å². The number of hydrogen-bond acceptors (Lipinski definition) is 3. The van der Waals surface area contributed by atoms with Crippen LogP contribution in [0.4, 0.5) is 0 Å². The maximum atomic E-state index is 5.31. The summed E-state index contributed by atoms with van der Waals surface area (Å²) in [6.45, 7) is 1.07. The fourth-order valence-electron chi connectivity index (χ4n) is 2.74. The van der Waals surface area contributed by atoms with Gasteiger partial charge in [-0.1, -0.05) is 12.1 Å². The van der Waals surface area contributed by atoms with Gasteiger partial charge >= 0.3 is 0 Å². The fourth-order valence-corrected chi connectivity index (χ4v) is 3.58. The molecule has 1 unspecified atom stereocenters. The molecule has 4 nitrogen and oxygen atoms in total. The van der Waals surface area contributed by atoms with Crippen LogP contribution in [-0.2, 0) is 7.05 Å². The van der Waals surface area contributed by atoms with Crippen LogP contribution < -0.4 is 10.1 Å². The average Bonchev–Trinajstić information content (AvgIpc) is 3.07. The average molecular weight is 336 g/mol. The van der Waals surface area contributed by atoms with Crippen molar-refractivity contribution in [2.24, 2.45) is 7.05 Å². The lowest BCUT2D eigenvalue weighted by atomic mass is 10.1. The second-order valence-electron chi connectivity index (χ2n) is 5.05. The van der Waals surface area contributed by atoms with Crippen LogP contribution in [0.15, 0.2) is 28.7 Å². The number of ether oxygens (including phenoxy) is 1. The first-order chi connectivity index (χ1) is 9.70. The second-order valence-corrected chi connectivity index (χ2v) is 5.85. The van der Waals surface area contributed by atoms with Crippen molar-refractivity contribution in [1.29, 1.82) is 0 Å². The molecule has 3 rings (SSSR count). The lowest BCUT2D eigenvalue weighted by Gasteiger charge is -2.07. The van der Waals surface area contributed by atoms with Crippen molar-refractivity contribution in [2.45, 2.75) is 18.9 Å². The van der Waals surface area contributed by atoms with Crippen molar-refractivity contribution in [3.8, 4) is 17.0 Å². The Hall–Kier alpha value is -1.33. The molecule has 0 saturated carbocycles. The zero-order valence-electron chi connectivity index (χ0n) is 11.7. The molecule has 5 heteroatoms. The zero-order chi connectivity index (χ0) is 14.1. The third kappa shape index (κ3) is 2.36. The summed E-state index contributed by atoms with van der Waals surface area (Å²) < 4.78 is 8.32. The lowest BCUT2D eigenvalue weighted by molar-refractivity contribution is 0.415. The highest BCUT2D eigenvalue weighted by Crippen LogP contribution is 2.36. The van der Waals surface area contributed by atoms with E-state index in [2.05, 4.69) is 27.3 Å². The van der Waals surface area contributed by atoms with Gasteiger partial charge in [-0.15, -0.1) is 0 Å². The van der Waals surface area contributed by atoms with Crippen molar-refractivity contribution in [1.82, 2.24) is 15.1 Å². The van der Waals surface area contributed by atoms with Gasteiger partial charge in [0.05, 0.1) is 29.0 Å². The Morgan fingerprint density at radius 2 is 2.30 bits per heavy atom. The molecule has 0 aliphatic carbocycles. The van der Waals surface area contributed by atoms with Crippen molar-refractivity contribution in [3.63, 3.8) is 0 Å². The molecule has 1 N–H and O–H groups in total. The van der Waals surface area contributed by atoms with Crippen LogP contribution in [0, 0.1) is 0 Å². The molecule has 2 aromatic rings. The normalized spacial score (nSPS) is 18.4. The molecule has 1 aliphatic rings. The fraction of sp³-hybridized carbons (Fsp3) is 0.400. The molecular weight excluding hydrogens is 318 g/mol. The van der Waals surface area contributed by atoms with Gasteiger partial charge in [0.1, 0.15) is 5.75 Å². The minimum atomic E-state index is 0.356. The number of aryl methyl sites for hydroxylation is 1. The molecular formula is C15H18BrN3O. The van der Waals surface area contributed by atoms with Gasteiger partial charge in [0.2, 0.25) is 0 Å². The molecule has 1 aliphatic heterocycles. The number of aromatic nitrogens is 2. The van der Waals surface area contributed by atoms with Crippen LogP contribution in [0.2, 0.25) is 0 Å². The van der Waals surface area contributed by atoms with E-state index in [1.807, 2.05) is 29.9 Å². The number of rotatable bonds is 3. The molecule has 20 heavy (non-hydrogen) atoms. The van der Waals surface area contributed by atoms with E-state index in [1.165, 1.54) is 6.42 Å². The first-order valence-electron chi connectivity index (χ1n) is 6.81. The maximum Gasteiger partial charge on any atom is 0.119 e. The highest BCUT2D eigenvalue weighted by Gasteiger charge is 2.25. The molecule has 1 fully saturated rings. The molecule has 0 spiro atoms. The van der Waals surface area contributed by atoms with E-state index in [4.69, 9.17) is 9.84 Å². The van der Waals surface area contributed by atoms with E-state index < -0.39 is 0 Å². The van der Waals surface area contributed by atoms with Gasteiger partial charge in [0.15, 0.2) is 0 Å². The third-order valence-electron chi connectivity index (χ3n) is 3.75. The molecule has 2 heterocycles. The second kappa shape index (κ2) is 5.58. The van der Waals surface area contributed by atoms with Crippen LogP contribution in [0.25, 0.3) is 11.3 Å². The quantitative estimate of drug-likeness (QED) is 0.935. The molecule has 106 valence electrons. The van der Waals surface area contributed by atoms with E-state index in [0.29, 0.717) is 6.04 Å². The predicted molar refractivity (Wildman–Crippen MR) is 82.9 cm³/mol. The van der Waals surface area contributed by atoms with Crippen molar-refractivity contribution >= 4 is 15.9 Å². The van der Waals surface area contributed by atoms with Gasteiger partial charge in [0, 0.05) is 12.6 Å². The summed E-state index contributed by atoms with van der Waals surface area (Å²) in [4.78, 5) is 0. The number of halogens is 1. The Morgan fingerprint density at radius 1 is 1.45 bits per heavy atom. The number of benzene rings is 1. The Labute approximate surface area is 127 Å². The predicted octanol–water partition coefficient (Wildman–Crippen LogP) is 3.28. The van der Waals surface area contributed by atoms with E-state index in [9.17, 15) is 0 Å². The van der Waals surface area contributed by atoms with Crippen LogP contribution >= 0.6 is 15.9 Å². The molecule has 1 aromatic heterocycles. The molecule has 0 amide bonds. The van der Waals surface area contributed by atoms with Crippen LogP contribution in [0.5, 0.6) is 5.75 Å². The van der Waals surface area contributed by atoms with E-state index >= 15 is 0 Å². The smallest absolute Gasteiger partial charge is 0.119 e. The van der Waals surface area contributed by atoms with E-state index in [1.54, 1.807) is 7.11 Å². The number of nitrogens with zero attached hydrogens (tertiary/aromatic N) is 2. The summed E-state index contributed by atoms with van der Waals surface area (Å²) in [6, 6.07) is 8.42. The summed E-state index contributed by atoms with van der Waals surface area (Å²) in [5.41, 5.74) is 3.30. The maximum absolute atomic E-state index is 5.31. The summed E-state index contributed by atoms with van der Waals surface area (Å²) in [5, 5.41) is 8.19. The molecule has 0 radical (unpaired) electrons. The van der Waals surface area contributed by atoms with Crippen molar-refractivity contribution in [2.75, 3.05) is 13.7 Å². The summed E-state index contributed by atoms with van der Waals surface area (Å²) in [7, 11) is 3.67. The summed E-state index contributed by atoms with van der Waals surface area (Å²) in [5.74, 6) is 0.858. The first-order valence-corrected chi connectivity index (χ1v) is 7.60. The summed E-state index contributed by atoms with van der Waals surface area (Å²) >= 11 is 3.73. The Balaban J connectivity index is 2.04. The minimum Gasteiger partial charge on any atom is -0.497 e. The van der Waals surface area contributed by atoms with Crippen molar-refractivity contribution in [3.05, 3.63) is 34.4 Å². The van der Waals surface area contributed by atoms with Crippen LogP contribution in [0.1, 0.15) is 24.6 Å². The third-order valence-corrected chi connectivity index (χ3v) is 4.53. The Morgan fingerprint density at radius 3 is 3.00 bits per heavy atom. The number of hydrogen-bond donors (Lipinski definition) is 1. The van der Waals surface area contributed by atoms with Crippen molar-refractivity contribution < 1.29 is 4.74 Å². The largest absolute Gasteiger partial charge is 0.497 e. The zero-order valence-corrected chi connectivity index (χ0v) is 13.3. The van der Waals surface area contributed by atoms with Gasteiger partial charge in [-0.05, 0) is 47.4 Å². The number of methoxy groups -OCH3 is 1. The monoisotopic (exact) mass is 335 g/mol. The van der Waals surface area contributed by atoms with E-state index in [-0.39, 0.29) is 0 Å². The van der Waals surface area contributed by atoms with Gasteiger partial charge in [-0.3, -0.25) is 4.68 Å². The molecule has 1 atom stereocenters. The summed E-state index contributed by atoms with van der Waals surface area (Å²) in [6.07, 6.45) is 2.36. The first kappa shape index (κ1) is 13.6. The van der Waals surface area contributed by atoms with E-state index in [0.717, 1.165) is 40.1 Å². The van der Waals surface area contributed by atoms with Gasteiger partial charge < -0.3 is 10.1 Å². The molecule has 1 aromatic carbocycles. The Bertz CT molecular complexity index is 618. The minimum absolute atomic E-state index is 0.356. The van der Waals surface area contributed by atoms with Crippen LogP contribution in [-0.4, -0.2) is 23.4 Å². The SMILES string of the molecule is COc1cccc(-c2c(Br)c(C3CCCN3)nn2C)c1. The topological polar surface area (TPSA) is 39.1 Å². The number of nitrogens with one attached hydrogen (secondary N) is 1. The van der Waals surface area contributed by atoms with Gasteiger partial charge in [-0.25, -0.2) is 0 Å². The highest BCUT2D eigenvalue weighted by atomic mass is 79.9. The van der Waals surface area contributed by atoms with Gasteiger partial charge in [-0.2, -0.15) is 5.10 Å². The Kier molecular flexibility index (Phi) is 3.81.